The summed E-state index contributed by atoms with van der Waals surface area (Å²) in [6.07, 6.45) is 7.83. The number of nitrogens with one attached hydrogen (secondary N) is 1. The number of rotatable bonds is 5. The van der Waals surface area contributed by atoms with E-state index in [2.05, 4.69) is 17.6 Å². The molecule has 0 spiro atoms. The molecule has 0 radical (unpaired) electrons. The summed E-state index contributed by atoms with van der Waals surface area (Å²) in [5.74, 6) is 2.76. The minimum absolute atomic E-state index is 0.0979. The number of carbonyl (C=O) groups excluding carboxylic acids is 1. The van der Waals surface area contributed by atoms with Crippen LogP contribution in [-0.2, 0) is 4.79 Å². The van der Waals surface area contributed by atoms with Gasteiger partial charge in [-0.05, 0) is 76.2 Å². The van der Waals surface area contributed by atoms with Gasteiger partial charge in [-0.15, -0.1) is 0 Å². The number of amides is 1. The molecule has 4 aliphatic rings. The van der Waals surface area contributed by atoms with Crippen molar-refractivity contribution in [2.24, 2.45) is 17.8 Å². The average Bonchev–Trinajstić information content (AvgIpc) is 2.53. The summed E-state index contributed by atoms with van der Waals surface area (Å²) in [6.45, 7) is 4.14. The number of hydrogen-bond donors (Lipinski definition) is 2. The van der Waals surface area contributed by atoms with Crippen molar-refractivity contribution in [3.63, 3.8) is 0 Å². The van der Waals surface area contributed by atoms with Crippen molar-refractivity contribution in [2.45, 2.75) is 70.0 Å². The number of benzene rings is 1. The van der Waals surface area contributed by atoms with Crippen LogP contribution in [-0.4, -0.2) is 17.5 Å². The van der Waals surface area contributed by atoms with Gasteiger partial charge in [-0.3, -0.25) is 4.79 Å². The van der Waals surface area contributed by atoms with Gasteiger partial charge in [0.1, 0.15) is 6.04 Å². The van der Waals surface area contributed by atoms with E-state index in [0.717, 1.165) is 28.3 Å². The largest absolute Gasteiger partial charge is 0.345 e. The summed E-state index contributed by atoms with van der Waals surface area (Å²) in [4.78, 5) is 12.9. The highest BCUT2D eigenvalue weighted by molar-refractivity contribution is 6.31. The standard InChI is InChI=1S/C21H29ClN2O/c1-13(18-5-3-4-6-19(18)22)23-14(2)20(25)24-21-10-15-7-16(11-21)9-17(8-15)12-21/h3-6,13-17,23H,7-12H2,1-2H3,(H,24,25)/p+1/t13-,14+,15?,16?,17?,21?/m1/s1. The fourth-order valence-corrected chi connectivity index (χ4v) is 6.42. The third kappa shape index (κ3) is 3.46. The van der Waals surface area contributed by atoms with Gasteiger partial charge in [0.15, 0.2) is 6.04 Å². The predicted octanol–water partition coefficient (Wildman–Crippen LogP) is 3.44. The van der Waals surface area contributed by atoms with E-state index in [4.69, 9.17) is 11.6 Å². The predicted molar refractivity (Wildman–Crippen MR) is 100 cm³/mol. The molecule has 5 rings (SSSR count). The molecular weight excluding hydrogens is 332 g/mol. The number of nitrogens with two attached hydrogens (primary N) is 1. The molecule has 3 N–H and O–H groups in total. The van der Waals surface area contributed by atoms with Crippen LogP contribution in [0.4, 0.5) is 0 Å². The van der Waals surface area contributed by atoms with Crippen LogP contribution in [0, 0.1) is 17.8 Å². The first-order valence-corrected chi connectivity index (χ1v) is 10.2. The van der Waals surface area contributed by atoms with Crippen LogP contribution >= 0.6 is 11.6 Å². The Hall–Kier alpha value is -1.06. The first-order chi connectivity index (χ1) is 11.9. The summed E-state index contributed by atoms with van der Waals surface area (Å²) in [6, 6.07) is 7.99. The Kier molecular flexibility index (Phi) is 4.57. The molecule has 4 fully saturated rings. The van der Waals surface area contributed by atoms with E-state index in [9.17, 15) is 4.79 Å². The molecule has 0 saturated heterocycles. The van der Waals surface area contributed by atoms with E-state index in [1.54, 1.807) is 0 Å². The Morgan fingerprint density at radius 3 is 2.24 bits per heavy atom. The molecule has 4 bridgehead atoms. The molecule has 0 unspecified atom stereocenters. The van der Waals surface area contributed by atoms with Crippen LogP contribution in [0.2, 0.25) is 5.02 Å². The zero-order valence-electron chi connectivity index (χ0n) is 15.3. The second kappa shape index (κ2) is 6.59. The van der Waals surface area contributed by atoms with Crippen LogP contribution < -0.4 is 10.6 Å². The molecule has 0 aromatic heterocycles. The van der Waals surface area contributed by atoms with E-state index >= 15 is 0 Å². The van der Waals surface area contributed by atoms with Gasteiger partial charge >= 0.3 is 0 Å². The van der Waals surface area contributed by atoms with Crippen molar-refractivity contribution in [2.75, 3.05) is 0 Å². The van der Waals surface area contributed by atoms with E-state index in [-0.39, 0.29) is 23.5 Å². The normalized spacial score (nSPS) is 35.4. The molecule has 1 aromatic rings. The number of halogens is 1. The topological polar surface area (TPSA) is 45.7 Å². The van der Waals surface area contributed by atoms with Crippen LogP contribution in [0.3, 0.4) is 0 Å². The minimum Gasteiger partial charge on any atom is -0.345 e. The van der Waals surface area contributed by atoms with Gasteiger partial charge in [0, 0.05) is 16.1 Å². The van der Waals surface area contributed by atoms with Crippen LogP contribution in [0.5, 0.6) is 0 Å². The van der Waals surface area contributed by atoms with Crippen molar-refractivity contribution in [1.82, 2.24) is 5.32 Å². The molecule has 0 heterocycles. The maximum Gasteiger partial charge on any atom is 0.278 e. The third-order valence-electron chi connectivity index (χ3n) is 6.81. The molecule has 136 valence electrons. The van der Waals surface area contributed by atoms with E-state index in [1.807, 2.05) is 31.2 Å². The van der Waals surface area contributed by atoms with Crippen molar-refractivity contribution >= 4 is 17.5 Å². The van der Waals surface area contributed by atoms with Crippen LogP contribution in [0.25, 0.3) is 0 Å². The molecule has 4 heteroatoms. The Morgan fingerprint density at radius 1 is 1.12 bits per heavy atom. The first kappa shape index (κ1) is 17.4. The lowest BCUT2D eigenvalue weighted by molar-refractivity contribution is -0.710. The third-order valence-corrected chi connectivity index (χ3v) is 7.16. The van der Waals surface area contributed by atoms with Gasteiger partial charge in [0.2, 0.25) is 0 Å². The summed E-state index contributed by atoms with van der Waals surface area (Å²) >= 11 is 6.31. The summed E-state index contributed by atoms with van der Waals surface area (Å²) in [7, 11) is 0. The lowest BCUT2D eigenvalue weighted by Gasteiger charge is -2.57. The van der Waals surface area contributed by atoms with Crippen molar-refractivity contribution in [1.29, 1.82) is 0 Å². The lowest BCUT2D eigenvalue weighted by Crippen LogP contribution is -2.92. The van der Waals surface area contributed by atoms with E-state index in [1.165, 1.54) is 38.5 Å². The van der Waals surface area contributed by atoms with Gasteiger partial charge in [0.25, 0.3) is 5.91 Å². The molecule has 1 aromatic carbocycles. The molecule has 0 aliphatic heterocycles. The highest BCUT2D eigenvalue weighted by atomic mass is 35.5. The fraction of sp³-hybridized carbons (Fsp3) is 0.667. The molecule has 4 saturated carbocycles. The number of carbonyl (C=O) groups is 1. The zero-order valence-corrected chi connectivity index (χ0v) is 16.1. The molecule has 4 aliphatic carbocycles. The van der Waals surface area contributed by atoms with Gasteiger partial charge in [-0.25, -0.2) is 0 Å². The van der Waals surface area contributed by atoms with Crippen molar-refractivity contribution < 1.29 is 10.1 Å². The SMILES string of the molecule is C[C@H]([NH2+][C@H](C)c1ccccc1Cl)C(=O)NC12CC3CC(CC(C3)C1)C2. The smallest absolute Gasteiger partial charge is 0.278 e. The van der Waals surface area contributed by atoms with E-state index < -0.39 is 0 Å². The Morgan fingerprint density at radius 2 is 1.68 bits per heavy atom. The molecule has 3 nitrogen and oxygen atoms in total. The lowest BCUT2D eigenvalue weighted by atomic mass is 9.53. The highest BCUT2D eigenvalue weighted by Gasteiger charge is 2.51. The van der Waals surface area contributed by atoms with Crippen LogP contribution in [0.1, 0.15) is 64.0 Å². The molecule has 1 amide bonds. The second-order valence-corrected chi connectivity index (χ2v) is 9.39. The van der Waals surface area contributed by atoms with Gasteiger partial charge in [-0.2, -0.15) is 0 Å². The monoisotopic (exact) mass is 361 g/mol. The van der Waals surface area contributed by atoms with Gasteiger partial charge in [0.05, 0.1) is 0 Å². The zero-order chi connectivity index (χ0) is 17.6. The fourth-order valence-electron chi connectivity index (χ4n) is 6.11. The molecule has 2 atom stereocenters. The Bertz CT molecular complexity index is 624. The summed E-state index contributed by atoms with van der Waals surface area (Å²) in [5.41, 5.74) is 1.19. The quantitative estimate of drug-likeness (QED) is 0.829. The summed E-state index contributed by atoms with van der Waals surface area (Å²) < 4.78 is 0. The molecule has 25 heavy (non-hydrogen) atoms. The van der Waals surface area contributed by atoms with Crippen molar-refractivity contribution in [3.8, 4) is 0 Å². The van der Waals surface area contributed by atoms with Crippen LogP contribution in [0.15, 0.2) is 24.3 Å². The maximum atomic E-state index is 12.9. The second-order valence-electron chi connectivity index (χ2n) is 8.98. The number of hydrogen-bond acceptors (Lipinski definition) is 1. The van der Waals surface area contributed by atoms with Gasteiger partial charge in [-0.1, -0.05) is 29.8 Å². The Balaban J connectivity index is 1.39. The first-order valence-electron chi connectivity index (χ1n) is 9.85. The average molecular weight is 362 g/mol. The minimum atomic E-state index is -0.0979. The maximum absolute atomic E-state index is 12.9. The summed E-state index contributed by atoms with van der Waals surface area (Å²) in [5, 5.41) is 6.41. The van der Waals surface area contributed by atoms with Crippen molar-refractivity contribution in [3.05, 3.63) is 34.9 Å². The van der Waals surface area contributed by atoms with Gasteiger partial charge < -0.3 is 10.6 Å². The van der Waals surface area contributed by atoms with E-state index in [0.29, 0.717) is 0 Å². The number of quaternary nitrogens is 1. The highest BCUT2D eigenvalue weighted by Crippen LogP contribution is 2.55. The Labute approximate surface area is 155 Å². The molecular formula is C21H30ClN2O+.